The second kappa shape index (κ2) is 23.0. The maximum Gasteiger partial charge on any atom is 0.256 e. The van der Waals surface area contributed by atoms with Crippen LogP contribution in [-0.4, -0.2) is 22.6 Å². The maximum absolute atomic E-state index is 9.89. The molecule has 2 aromatic heterocycles. The van der Waals surface area contributed by atoms with Gasteiger partial charge in [0, 0.05) is 78.7 Å². The molecule has 0 atom stereocenters. The van der Waals surface area contributed by atoms with Crippen molar-refractivity contribution < 1.29 is 31.4 Å². The highest BCUT2D eigenvalue weighted by Gasteiger charge is 2.49. The third-order valence-corrected chi connectivity index (χ3v) is 21.1. The molecule has 8 heteroatoms. The van der Waals surface area contributed by atoms with Crippen molar-refractivity contribution >= 4 is 124 Å². The summed E-state index contributed by atoms with van der Waals surface area (Å²) in [6.45, 7) is -1.44. The van der Waals surface area contributed by atoms with Crippen LogP contribution in [0.3, 0.4) is 0 Å². The third-order valence-electron chi connectivity index (χ3n) is 21.1. The number of hydrogen-bond acceptors (Lipinski definition) is 4. The van der Waals surface area contributed by atoms with Gasteiger partial charge in [-0.15, -0.1) is 0 Å². The number of ether oxygens (including phenoxy) is 2. The smallest absolute Gasteiger partial charge is 0.256 e. The lowest BCUT2D eigenvalue weighted by atomic mass is 9.30. The van der Waals surface area contributed by atoms with Crippen molar-refractivity contribution in [3.05, 3.63) is 364 Å². The van der Waals surface area contributed by atoms with Crippen LogP contribution in [0.5, 0.6) is 23.0 Å². The second-order valence-corrected chi connectivity index (χ2v) is 26.5. The standard InChI is InChI=1S/C96H60B2N4O2/c1-6-30-61(31-7-1)68-44-28-45-69(62-32-8-2-9-33-62)93(68)101-84-54-26-20-48-76(84)97-78-60-79-96(90(65-38-14-5-15-39-65)95(78)103-88-58-66(56-86(101)91(88)97)99-80-50-22-16-40-72(80)73-41-17-23-51-81(73)99)104-89-59-67(100-82-52-24-18-42-74(82)75-43-19-25-53-83(75)100)57-87-92(89)98(79)77-49-21-27-55-85(77)102(87)94-70(63-34-10-3-11-35-63)46-29-47-71(94)64-36-12-4-13-37-64/h1-60H/i16D,17D,18D,19D,22D,23D,24D,25D,40D,41D,42D,43D,50D,51D,52D,53D. The maximum atomic E-state index is 9.89. The minimum absolute atomic E-state index is 0.0852. The van der Waals surface area contributed by atoms with Crippen molar-refractivity contribution in [1.82, 2.24) is 9.13 Å². The number of nitrogens with zero attached hydrogens (tertiary/aromatic N) is 4. The molecule has 6 nitrogen and oxygen atoms in total. The molecule has 104 heavy (non-hydrogen) atoms. The lowest BCUT2D eigenvalue weighted by Gasteiger charge is -2.44. The normalized spacial score (nSPS) is 15.0. The molecule has 0 fully saturated rings. The first-order valence-electron chi connectivity index (χ1n) is 42.6. The van der Waals surface area contributed by atoms with E-state index in [4.69, 9.17) is 15.0 Å². The Morgan fingerprint density at radius 3 is 0.923 bits per heavy atom. The number of hydrogen-bond donors (Lipinski definition) is 0. The highest BCUT2D eigenvalue weighted by molar-refractivity contribution is 7.02. The van der Waals surface area contributed by atoms with Crippen molar-refractivity contribution in [2.24, 2.45) is 0 Å². The molecule has 0 unspecified atom stereocenters. The molecule has 22 rings (SSSR count). The average molecular weight is 1340 g/mol. The van der Waals surface area contributed by atoms with E-state index in [1.165, 1.54) is 9.13 Å². The molecular formula is C96H60B2N4O2. The Hall–Kier alpha value is -13.6. The van der Waals surface area contributed by atoms with Gasteiger partial charge in [0.25, 0.3) is 13.4 Å². The Morgan fingerprint density at radius 2 is 0.577 bits per heavy atom. The largest absolute Gasteiger partial charge is 0.457 e. The molecule has 482 valence electrons. The van der Waals surface area contributed by atoms with E-state index in [2.05, 4.69) is 113 Å². The summed E-state index contributed by atoms with van der Waals surface area (Å²) < 4.78 is 171. The Balaban J connectivity index is 0.885. The summed E-state index contributed by atoms with van der Waals surface area (Å²) in [7, 11) is 0. The minimum atomic E-state index is -0.718. The van der Waals surface area contributed by atoms with Gasteiger partial charge in [-0.25, -0.2) is 0 Å². The Labute approximate surface area is 625 Å². The summed E-state index contributed by atoms with van der Waals surface area (Å²) in [5.74, 6) is 1.32. The Kier molecular flexibility index (Phi) is 9.85. The lowest BCUT2D eigenvalue weighted by molar-refractivity contribution is 0.469. The highest BCUT2D eigenvalue weighted by Crippen LogP contribution is 2.55. The van der Waals surface area contributed by atoms with Gasteiger partial charge in [0.05, 0.1) is 72.3 Å². The van der Waals surface area contributed by atoms with Crippen LogP contribution in [0.4, 0.5) is 34.1 Å². The van der Waals surface area contributed by atoms with Gasteiger partial charge in [-0.3, -0.25) is 0 Å². The van der Waals surface area contributed by atoms with Crippen LogP contribution in [0.1, 0.15) is 21.9 Å². The van der Waals surface area contributed by atoms with E-state index in [9.17, 15) is 16.4 Å². The summed E-state index contributed by atoms with van der Waals surface area (Å²) >= 11 is 0. The minimum Gasteiger partial charge on any atom is -0.457 e. The van der Waals surface area contributed by atoms with Gasteiger partial charge < -0.3 is 28.4 Å². The molecule has 0 N–H and O–H groups in total. The molecule has 0 spiro atoms. The quantitative estimate of drug-likeness (QED) is 0.135. The van der Waals surface area contributed by atoms with Crippen LogP contribution in [0.15, 0.2) is 364 Å². The molecule has 0 radical (unpaired) electrons. The first kappa shape index (κ1) is 44.6. The van der Waals surface area contributed by atoms with Crippen LogP contribution in [-0.2, 0) is 0 Å². The molecule has 0 amide bonds. The topological polar surface area (TPSA) is 34.8 Å². The summed E-state index contributed by atoms with van der Waals surface area (Å²) in [6, 6.07) is 80.5. The predicted octanol–water partition coefficient (Wildman–Crippen LogP) is 21.0. The van der Waals surface area contributed by atoms with E-state index < -0.39 is 110 Å². The molecule has 4 aliphatic heterocycles. The SMILES string of the molecule is [2H]c1c([2H])c([2H])c2c(c1[2H])c1c([2H])c([2H])c([2H])c([2H])c1n2-c1cc2c3c(c1)N(c1c(-c4ccccc4)cccc1-c1ccccc1)c1ccccc1B3c1cc3c(c(-c4ccccc4)c1O2)Oc1cc(-n2c4c([2H])c([2H])c([2H])c([2H])c4c4c([2H])c([2H])c([2H])c([2H])c42)cc2c1B3c1ccccc1N2c1c(-c2ccccc2)cccc1-c1ccccc1. The van der Waals surface area contributed by atoms with Crippen LogP contribution in [0.25, 0.3) is 111 Å². The molecule has 18 aromatic rings. The van der Waals surface area contributed by atoms with E-state index >= 15 is 0 Å². The highest BCUT2D eigenvalue weighted by atomic mass is 16.5. The van der Waals surface area contributed by atoms with Gasteiger partial charge in [0.2, 0.25) is 0 Å². The monoisotopic (exact) mass is 1340 g/mol. The van der Waals surface area contributed by atoms with Crippen LogP contribution in [0.2, 0.25) is 0 Å². The van der Waals surface area contributed by atoms with E-state index in [-0.39, 0.29) is 66.5 Å². The number of benzene rings is 16. The van der Waals surface area contributed by atoms with E-state index in [0.29, 0.717) is 44.9 Å². The molecule has 0 saturated heterocycles. The fraction of sp³-hybridized carbons (Fsp3) is 0. The van der Waals surface area contributed by atoms with Gasteiger partial charge in [-0.05, 0) is 109 Å². The number of fused-ring (bicyclic) bond motifs is 14. The number of aromatic nitrogens is 2. The summed E-state index contributed by atoms with van der Waals surface area (Å²) in [4.78, 5) is 4.48. The van der Waals surface area contributed by atoms with Crippen molar-refractivity contribution in [3.63, 3.8) is 0 Å². The van der Waals surface area contributed by atoms with Crippen molar-refractivity contribution in [2.75, 3.05) is 9.80 Å². The molecule has 6 heterocycles. The average Bonchev–Trinajstić information content (AvgIpc) is 0.852. The fourth-order valence-electron chi connectivity index (χ4n) is 16.9. The second-order valence-electron chi connectivity index (χ2n) is 26.5. The van der Waals surface area contributed by atoms with Gasteiger partial charge in [0.1, 0.15) is 23.0 Å². The first-order chi connectivity index (χ1) is 58.3. The molecule has 16 aromatic carbocycles. The number of para-hydroxylation sites is 8. The van der Waals surface area contributed by atoms with Gasteiger partial charge >= 0.3 is 0 Å². The molecular weight excluding hydrogens is 1260 g/mol. The zero-order valence-corrected chi connectivity index (χ0v) is 55.2. The van der Waals surface area contributed by atoms with E-state index in [1.807, 2.05) is 152 Å². The van der Waals surface area contributed by atoms with Crippen molar-refractivity contribution in [3.8, 4) is 90.0 Å². The summed E-state index contributed by atoms with van der Waals surface area (Å²) in [6.07, 6.45) is 0. The zero-order chi connectivity index (χ0) is 82.0. The van der Waals surface area contributed by atoms with Gasteiger partial charge in [-0.2, -0.15) is 0 Å². The molecule has 0 aliphatic carbocycles. The van der Waals surface area contributed by atoms with Crippen LogP contribution in [0, 0.1) is 0 Å². The Morgan fingerprint density at radius 1 is 0.269 bits per heavy atom. The summed E-state index contributed by atoms with van der Waals surface area (Å²) in [5.41, 5.74) is 17.2. The van der Waals surface area contributed by atoms with Crippen molar-refractivity contribution in [1.29, 1.82) is 0 Å². The number of anilines is 6. The van der Waals surface area contributed by atoms with Crippen molar-refractivity contribution in [2.45, 2.75) is 0 Å². The predicted molar refractivity (Wildman–Crippen MR) is 434 cm³/mol. The molecule has 4 aliphatic rings. The van der Waals surface area contributed by atoms with Gasteiger partial charge in [-0.1, -0.05) is 303 Å². The Bertz CT molecular complexity index is 6900. The molecule has 0 bridgehead atoms. The van der Waals surface area contributed by atoms with Gasteiger partial charge in [0.15, 0.2) is 0 Å². The van der Waals surface area contributed by atoms with Crippen LogP contribution >= 0.6 is 0 Å². The third kappa shape index (κ3) is 8.60. The summed E-state index contributed by atoms with van der Waals surface area (Å²) in [5, 5.41) is -0.390. The molecule has 0 saturated carbocycles. The lowest BCUT2D eigenvalue weighted by Crippen LogP contribution is -2.63. The number of rotatable bonds is 9. The zero-order valence-electron chi connectivity index (χ0n) is 71.2. The van der Waals surface area contributed by atoms with E-state index in [0.717, 1.165) is 89.1 Å². The first-order valence-corrected chi connectivity index (χ1v) is 34.6. The van der Waals surface area contributed by atoms with Crippen LogP contribution < -0.4 is 52.1 Å². The fourth-order valence-corrected chi connectivity index (χ4v) is 16.9. The van der Waals surface area contributed by atoms with E-state index in [1.54, 1.807) is 12.1 Å².